The maximum Gasteiger partial charge on any atom is 0.222 e. The summed E-state index contributed by atoms with van der Waals surface area (Å²) in [4.78, 5) is 14.7. The zero-order valence-electron chi connectivity index (χ0n) is 12.0. The van der Waals surface area contributed by atoms with Crippen molar-refractivity contribution in [3.63, 3.8) is 0 Å². The van der Waals surface area contributed by atoms with Crippen molar-refractivity contribution in [3.05, 3.63) is 28.7 Å². The molecule has 1 amide bonds. The molecule has 2 rings (SSSR count). The fraction of sp³-hybridized carbons (Fsp3) is 0.533. The van der Waals surface area contributed by atoms with Gasteiger partial charge in [0.25, 0.3) is 0 Å². The Labute approximate surface area is 136 Å². The van der Waals surface area contributed by atoms with E-state index >= 15 is 0 Å². The highest BCUT2D eigenvalue weighted by atomic mass is 79.9. The summed E-state index contributed by atoms with van der Waals surface area (Å²) >= 11 is 3.36. The normalized spacial score (nSPS) is 17.7. The van der Waals surface area contributed by atoms with Crippen LogP contribution in [0.5, 0.6) is 0 Å². The Morgan fingerprint density at radius 2 is 1.90 bits per heavy atom. The molecule has 21 heavy (non-hydrogen) atoms. The molecule has 1 aromatic carbocycles. The van der Waals surface area contributed by atoms with Gasteiger partial charge in [0.1, 0.15) is 0 Å². The molecule has 2 N–H and O–H groups in total. The van der Waals surface area contributed by atoms with Crippen molar-refractivity contribution in [2.45, 2.75) is 36.6 Å². The van der Waals surface area contributed by atoms with Crippen molar-refractivity contribution in [3.8, 4) is 0 Å². The SMILES string of the molecule is NC1CCN(C(=O)CCCS(=O)c2ccc(Br)cc2)CC1. The third-order valence-corrected chi connectivity index (χ3v) is 5.68. The van der Waals surface area contributed by atoms with Crippen LogP contribution >= 0.6 is 15.9 Å². The van der Waals surface area contributed by atoms with Crippen LogP contribution in [0.1, 0.15) is 25.7 Å². The molecule has 1 aliphatic rings. The van der Waals surface area contributed by atoms with Gasteiger partial charge >= 0.3 is 0 Å². The van der Waals surface area contributed by atoms with Gasteiger partial charge in [-0.2, -0.15) is 0 Å². The number of benzene rings is 1. The van der Waals surface area contributed by atoms with Gasteiger partial charge in [0, 0.05) is 40.7 Å². The molecule has 1 fully saturated rings. The third kappa shape index (κ3) is 5.20. The number of hydrogen-bond donors (Lipinski definition) is 1. The van der Waals surface area contributed by atoms with Crippen molar-refractivity contribution in [2.24, 2.45) is 5.73 Å². The zero-order chi connectivity index (χ0) is 15.2. The maximum atomic E-state index is 12.1. The molecule has 4 nitrogen and oxygen atoms in total. The van der Waals surface area contributed by atoms with Crippen molar-refractivity contribution < 1.29 is 9.00 Å². The number of rotatable bonds is 5. The molecule has 1 heterocycles. The minimum atomic E-state index is -1.03. The van der Waals surface area contributed by atoms with Crippen LogP contribution in [0, 0.1) is 0 Å². The molecule has 6 heteroatoms. The lowest BCUT2D eigenvalue weighted by Gasteiger charge is -2.30. The van der Waals surface area contributed by atoms with E-state index in [4.69, 9.17) is 5.73 Å². The first-order chi connectivity index (χ1) is 10.1. The van der Waals surface area contributed by atoms with Crippen molar-refractivity contribution in [1.82, 2.24) is 4.90 Å². The summed E-state index contributed by atoms with van der Waals surface area (Å²) in [5.41, 5.74) is 5.83. The fourth-order valence-electron chi connectivity index (χ4n) is 2.37. The zero-order valence-corrected chi connectivity index (χ0v) is 14.4. The molecule has 1 unspecified atom stereocenters. The molecule has 0 radical (unpaired) electrons. The highest BCUT2D eigenvalue weighted by Gasteiger charge is 2.20. The van der Waals surface area contributed by atoms with E-state index in [0.29, 0.717) is 18.6 Å². The number of halogens is 1. The van der Waals surface area contributed by atoms with E-state index in [-0.39, 0.29) is 11.9 Å². The van der Waals surface area contributed by atoms with Crippen molar-refractivity contribution in [1.29, 1.82) is 0 Å². The average Bonchev–Trinajstić information content (AvgIpc) is 2.48. The smallest absolute Gasteiger partial charge is 0.222 e. The molecule has 1 atom stereocenters. The lowest BCUT2D eigenvalue weighted by molar-refractivity contribution is -0.132. The molecule has 0 aliphatic carbocycles. The number of hydrogen-bond acceptors (Lipinski definition) is 3. The predicted octanol–water partition coefficient (Wildman–Crippen LogP) is 2.29. The summed E-state index contributed by atoms with van der Waals surface area (Å²) in [6.07, 6.45) is 2.90. The summed E-state index contributed by atoms with van der Waals surface area (Å²) < 4.78 is 13.1. The minimum Gasteiger partial charge on any atom is -0.343 e. The summed E-state index contributed by atoms with van der Waals surface area (Å²) in [6.45, 7) is 1.52. The highest BCUT2D eigenvalue weighted by Crippen LogP contribution is 2.15. The number of carbonyl (C=O) groups is 1. The van der Waals surface area contributed by atoms with Crippen LogP contribution in [0.25, 0.3) is 0 Å². The molecule has 116 valence electrons. The third-order valence-electron chi connectivity index (χ3n) is 3.69. The molecule has 0 saturated carbocycles. The second-order valence-electron chi connectivity index (χ2n) is 5.33. The van der Waals surface area contributed by atoms with E-state index < -0.39 is 10.8 Å². The van der Waals surface area contributed by atoms with Gasteiger partial charge < -0.3 is 10.6 Å². The quantitative estimate of drug-likeness (QED) is 0.862. The fourth-order valence-corrected chi connectivity index (χ4v) is 3.71. The van der Waals surface area contributed by atoms with Crippen molar-refractivity contribution in [2.75, 3.05) is 18.8 Å². The van der Waals surface area contributed by atoms with E-state index in [9.17, 15) is 9.00 Å². The first kappa shape index (κ1) is 16.6. The van der Waals surface area contributed by atoms with E-state index in [1.54, 1.807) is 0 Å². The monoisotopic (exact) mass is 372 g/mol. The van der Waals surface area contributed by atoms with Gasteiger partial charge in [0.2, 0.25) is 5.91 Å². The second kappa shape index (κ2) is 8.06. The molecule has 1 aromatic rings. The van der Waals surface area contributed by atoms with Crippen molar-refractivity contribution >= 4 is 32.6 Å². The van der Waals surface area contributed by atoms with Crippen LogP contribution in [-0.4, -0.2) is 39.9 Å². The van der Waals surface area contributed by atoms with Crippen LogP contribution in [0.3, 0.4) is 0 Å². The molecule has 1 aliphatic heterocycles. The minimum absolute atomic E-state index is 0.162. The van der Waals surface area contributed by atoms with Crippen LogP contribution in [0.4, 0.5) is 0 Å². The molecule has 0 spiro atoms. The van der Waals surface area contributed by atoms with Gasteiger partial charge in [-0.3, -0.25) is 9.00 Å². The van der Waals surface area contributed by atoms with E-state index in [1.165, 1.54) is 0 Å². The van der Waals surface area contributed by atoms with Gasteiger partial charge in [-0.15, -0.1) is 0 Å². The van der Waals surface area contributed by atoms with Gasteiger partial charge in [0.05, 0.1) is 10.8 Å². The van der Waals surface area contributed by atoms with Gasteiger partial charge in [0.15, 0.2) is 0 Å². The first-order valence-electron chi connectivity index (χ1n) is 7.23. The predicted molar refractivity (Wildman–Crippen MR) is 88.4 cm³/mol. The molecule has 1 saturated heterocycles. The largest absolute Gasteiger partial charge is 0.343 e. The summed E-state index contributed by atoms with van der Waals surface area (Å²) in [5, 5.41) is 0. The number of nitrogens with two attached hydrogens (primary N) is 1. The topological polar surface area (TPSA) is 63.4 Å². The molecule has 0 aromatic heterocycles. The number of carbonyl (C=O) groups excluding carboxylic acids is 1. The lowest BCUT2D eigenvalue weighted by atomic mass is 10.1. The summed E-state index contributed by atoms with van der Waals surface area (Å²) in [6, 6.07) is 7.71. The molecular formula is C15H21BrN2O2S. The summed E-state index contributed by atoms with van der Waals surface area (Å²) in [5.74, 6) is 0.690. The van der Waals surface area contributed by atoms with Crippen LogP contribution in [-0.2, 0) is 15.6 Å². The number of likely N-dealkylation sites (tertiary alicyclic amines) is 1. The van der Waals surface area contributed by atoms with Gasteiger partial charge in [-0.25, -0.2) is 0 Å². The van der Waals surface area contributed by atoms with Gasteiger partial charge in [-0.1, -0.05) is 15.9 Å². The Balaban J connectivity index is 1.72. The van der Waals surface area contributed by atoms with E-state index in [2.05, 4.69) is 15.9 Å². The first-order valence-corrected chi connectivity index (χ1v) is 9.35. The van der Waals surface area contributed by atoms with Crippen LogP contribution in [0.15, 0.2) is 33.6 Å². The number of piperidine rings is 1. The Hall–Kier alpha value is -0.720. The van der Waals surface area contributed by atoms with E-state index in [1.807, 2.05) is 29.2 Å². The van der Waals surface area contributed by atoms with Crippen LogP contribution in [0.2, 0.25) is 0 Å². The Bertz CT molecular complexity index is 499. The molecular weight excluding hydrogens is 352 g/mol. The van der Waals surface area contributed by atoms with E-state index in [0.717, 1.165) is 35.3 Å². The second-order valence-corrected chi connectivity index (χ2v) is 7.81. The maximum absolute atomic E-state index is 12.1. The lowest BCUT2D eigenvalue weighted by Crippen LogP contribution is -2.42. The van der Waals surface area contributed by atoms with Gasteiger partial charge in [-0.05, 0) is 43.5 Å². The molecule has 0 bridgehead atoms. The average molecular weight is 373 g/mol. The number of nitrogens with zero attached hydrogens (tertiary/aromatic N) is 1. The Kier molecular flexibility index (Phi) is 6.39. The Morgan fingerprint density at radius 1 is 1.29 bits per heavy atom. The Morgan fingerprint density at radius 3 is 2.52 bits per heavy atom. The number of amides is 1. The highest BCUT2D eigenvalue weighted by molar-refractivity contribution is 9.10. The standard InChI is InChI=1S/C15H21BrN2O2S/c16-12-3-5-14(6-4-12)21(20)11-1-2-15(19)18-9-7-13(17)8-10-18/h3-6,13H,1-2,7-11,17H2. The van der Waals surface area contributed by atoms with Crippen LogP contribution < -0.4 is 5.73 Å². The summed E-state index contributed by atoms with van der Waals surface area (Å²) in [7, 11) is -1.03.